The number of Topliss-reactive ketones (excluding diaryl/α,β-unsaturated/α-hetero) is 1. The van der Waals surface area contributed by atoms with Gasteiger partial charge in [0.15, 0.2) is 0 Å². The van der Waals surface area contributed by atoms with Crippen LogP contribution in [0.15, 0.2) is 42.6 Å². The molecule has 8 heteroatoms. The quantitative estimate of drug-likeness (QED) is 0.667. The molecule has 0 aliphatic carbocycles. The smallest absolute Gasteiger partial charge is 0.416 e. The fraction of sp³-hybridized carbons (Fsp3) is 0.133. The first kappa shape index (κ1) is 16.5. The van der Waals surface area contributed by atoms with Gasteiger partial charge < -0.3 is 10.2 Å². The Morgan fingerprint density at radius 3 is 2.30 bits per heavy atom. The van der Waals surface area contributed by atoms with E-state index in [4.69, 9.17) is 0 Å². The van der Waals surface area contributed by atoms with E-state index in [-0.39, 0.29) is 0 Å². The number of nitrogens with zero attached hydrogens (tertiary/aromatic N) is 1. The molecule has 0 spiro atoms. The summed E-state index contributed by atoms with van der Waals surface area (Å²) in [6.45, 7) is 0. The number of benzene rings is 1. The Morgan fingerprint density at radius 1 is 1.09 bits per heavy atom. The molecule has 1 aromatic heterocycles. The van der Waals surface area contributed by atoms with Crippen molar-refractivity contribution in [2.45, 2.75) is 12.1 Å². The van der Waals surface area contributed by atoms with E-state index >= 15 is 0 Å². The summed E-state index contributed by atoms with van der Waals surface area (Å²) in [5.41, 5.74) is -2.53. The van der Waals surface area contributed by atoms with Crippen molar-refractivity contribution in [3.05, 3.63) is 59.4 Å². The van der Waals surface area contributed by atoms with Crippen LogP contribution in [0.3, 0.4) is 0 Å². The zero-order valence-corrected chi connectivity index (χ0v) is 11.4. The van der Waals surface area contributed by atoms with Gasteiger partial charge in [-0.25, -0.2) is 4.98 Å². The highest BCUT2D eigenvalue weighted by atomic mass is 19.4. The number of ketones is 1. The Balaban J connectivity index is 2.60. The SMILES string of the molecule is O=C(O)C(C(=O)c1ncccc1O)c1ccccc1C(F)(F)F. The summed E-state index contributed by atoms with van der Waals surface area (Å²) in [5.74, 6) is -5.73. The second-order valence-electron chi connectivity index (χ2n) is 4.59. The molecule has 5 nitrogen and oxygen atoms in total. The van der Waals surface area contributed by atoms with Crippen LogP contribution in [0.5, 0.6) is 5.75 Å². The Labute approximate surface area is 128 Å². The number of carboxylic acids is 1. The molecule has 1 heterocycles. The van der Waals surface area contributed by atoms with Gasteiger partial charge in [-0.05, 0) is 23.8 Å². The van der Waals surface area contributed by atoms with Crippen molar-refractivity contribution in [1.82, 2.24) is 4.98 Å². The molecule has 0 bridgehead atoms. The number of carbonyl (C=O) groups excluding carboxylic acids is 1. The number of halogens is 3. The molecular formula is C15H10F3NO4. The maximum absolute atomic E-state index is 13.0. The Kier molecular flexibility index (Phi) is 4.35. The number of alkyl halides is 3. The maximum atomic E-state index is 13.0. The van der Waals surface area contributed by atoms with Gasteiger partial charge >= 0.3 is 12.1 Å². The van der Waals surface area contributed by atoms with E-state index < -0.39 is 46.4 Å². The first-order chi connectivity index (χ1) is 10.7. The topological polar surface area (TPSA) is 87.5 Å². The van der Waals surface area contributed by atoms with Crippen molar-refractivity contribution in [3.63, 3.8) is 0 Å². The highest BCUT2D eigenvalue weighted by Gasteiger charge is 2.40. The van der Waals surface area contributed by atoms with Crippen molar-refractivity contribution >= 4 is 11.8 Å². The van der Waals surface area contributed by atoms with Crippen molar-refractivity contribution < 1.29 is 33.0 Å². The Hall–Kier alpha value is -2.90. The molecule has 120 valence electrons. The van der Waals surface area contributed by atoms with Crippen molar-refractivity contribution in [3.8, 4) is 5.75 Å². The normalized spacial score (nSPS) is 12.7. The number of hydrogen-bond donors (Lipinski definition) is 2. The number of aromatic hydroxyl groups is 1. The molecular weight excluding hydrogens is 315 g/mol. The van der Waals surface area contributed by atoms with Crippen molar-refractivity contribution in [2.75, 3.05) is 0 Å². The van der Waals surface area contributed by atoms with Crippen LogP contribution in [0, 0.1) is 0 Å². The van der Waals surface area contributed by atoms with E-state index in [9.17, 15) is 33.0 Å². The van der Waals surface area contributed by atoms with Gasteiger partial charge in [-0.3, -0.25) is 9.59 Å². The lowest BCUT2D eigenvalue weighted by Crippen LogP contribution is -2.25. The van der Waals surface area contributed by atoms with Gasteiger partial charge in [0.2, 0.25) is 5.78 Å². The van der Waals surface area contributed by atoms with E-state index in [1.165, 1.54) is 12.1 Å². The fourth-order valence-electron chi connectivity index (χ4n) is 2.12. The Bertz CT molecular complexity index is 758. The largest absolute Gasteiger partial charge is 0.506 e. The predicted molar refractivity (Wildman–Crippen MR) is 72.1 cm³/mol. The van der Waals surface area contributed by atoms with Crippen molar-refractivity contribution in [1.29, 1.82) is 0 Å². The van der Waals surface area contributed by atoms with E-state index in [1.807, 2.05) is 0 Å². The van der Waals surface area contributed by atoms with Crippen LogP contribution in [0.2, 0.25) is 0 Å². The summed E-state index contributed by atoms with van der Waals surface area (Å²) in [4.78, 5) is 27.3. The number of aromatic nitrogens is 1. The molecule has 0 saturated carbocycles. The van der Waals surface area contributed by atoms with Gasteiger partial charge in [0.05, 0.1) is 5.56 Å². The highest BCUT2D eigenvalue weighted by molar-refractivity contribution is 6.12. The third-order valence-corrected chi connectivity index (χ3v) is 3.11. The molecule has 1 atom stereocenters. The molecule has 0 aliphatic heterocycles. The molecule has 23 heavy (non-hydrogen) atoms. The Morgan fingerprint density at radius 2 is 1.74 bits per heavy atom. The summed E-state index contributed by atoms with van der Waals surface area (Å²) in [6, 6.07) is 6.29. The first-order valence-corrected chi connectivity index (χ1v) is 6.30. The molecule has 2 aromatic rings. The van der Waals surface area contributed by atoms with Crippen LogP contribution in [-0.2, 0) is 11.0 Å². The van der Waals surface area contributed by atoms with Crippen LogP contribution < -0.4 is 0 Å². The zero-order chi connectivity index (χ0) is 17.2. The summed E-state index contributed by atoms with van der Waals surface area (Å²) in [5, 5.41) is 18.8. The third-order valence-electron chi connectivity index (χ3n) is 3.11. The minimum absolute atomic E-state index is 0.600. The van der Waals surface area contributed by atoms with E-state index in [0.29, 0.717) is 6.07 Å². The molecule has 2 N–H and O–H groups in total. The molecule has 2 rings (SSSR count). The lowest BCUT2D eigenvalue weighted by atomic mass is 9.88. The van der Waals surface area contributed by atoms with Gasteiger partial charge in [-0.1, -0.05) is 18.2 Å². The third kappa shape index (κ3) is 3.31. The zero-order valence-electron chi connectivity index (χ0n) is 11.4. The number of rotatable bonds is 4. The van der Waals surface area contributed by atoms with Crippen LogP contribution in [0.4, 0.5) is 13.2 Å². The molecule has 0 saturated heterocycles. The average molecular weight is 325 g/mol. The van der Waals surface area contributed by atoms with E-state index in [1.54, 1.807) is 0 Å². The minimum Gasteiger partial charge on any atom is -0.506 e. The van der Waals surface area contributed by atoms with Crippen LogP contribution in [-0.4, -0.2) is 26.9 Å². The average Bonchev–Trinajstić information content (AvgIpc) is 2.47. The highest BCUT2D eigenvalue weighted by Crippen LogP contribution is 2.36. The summed E-state index contributed by atoms with van der Waals surface area (Å²) in [6.07, 6.45) is -3.70. The molecule has 0 aliphatic rings. The van der Waals surface area contributed by atoms with Crippen LogP contribution in [0.1, 0.15) is 27.5 Å². The number of aliphatic carboxylic acids is 1. The molecule has 1 aromatic carbocycles. The predicted octanol–water partition coefficient (Wildman–Crippen LogP) is 2.86. The van der Waals surface area contributed by atoms with Gasteiger partial charge in [0, 0.05) is 6.20 Å². The van der Waals surface area contributed by atoms with Crippen LogP contribution in [0.25, 0.3) is 0 Å². The number of carbonyl (C=O) groups is 2. The van der Waals surface area contributed by atoms with Gasteiger partial charge in [0.1, 0.15) is 17.4 Å². The van der Waals surface area contributed by atoms with E-state index in [0.717, 1.165) is 24.4 Å². The van der Waals surface area contributed by atoms with Crippen LogP contribution >= 0.6 is 0 Å². The minimum atomic E-state index is -4.82. The second-order valence-corrected chi connectivity index (χ2v) is 4.59. The number of pyridine rings is 1. The lowest BCUT2D eigenvalue weighted by molar-refractivity contribution is -0.140. The van der Waals surface area contributed by atoms with Gasteiger partial charge in [0.25, 0.3) is 0 Å². The standard InChI is InChI=1S/C15H10F3NO4/c16-15(17,18)9-5-2-1-4-8(9)11(14(22)23)13(21)12-10(20)6-3-7-19-12/h1-7,11,20H,(H,22,23). The van der Waals surface area contributed by atoms with Crippen molar-refractivity contribution in [2.24, 2.45) is 0 Å². The van der Waals surface area contributed by atoms with Gasteiger partial charge in [-0.2, -0.15) is 13.2 Å². The summed E-state index contributed by atoms with van der Waals surface area (Å²) < 4.78 is 39.1. The molecule has 0 amide bonds. The number of hydrogen-bond acceptors (Lipinski definition) is 4. The molecule has 0 radical (unpaired) electrons. The monoisotopic (exact) mass is 325 g/mol. The van der Waals surface area contributed by atoms with Gasteiger partial charge in [-0.15, -0.1) is 0 Å². The summed E-state index contributed by atoms with van der Waals surface area (Å²) >= 11 is 0. The number of carboxylic acid groups (broad SMARTS) is 1. The molecule has 1 unspecified atom stereocenters. The molecule has 0 fully saturated rings. The fourth-order valence-corrected chi connectivity index (χ4v) is 2.12. The summed E-state index contributed by atoms with van der Waals surface area (Å²) in [7, 11) is 0. The lowest BCUT2D eigenvalue weighted by Gasteiger charge is -2.17. The van der Waals surface area contributed by atoms with E-state index in [2.05, 4.69) is 4.98 Å². The maximum Gasteiger partial charge on any atom is 0.416 e. The first-order valence-electron chi connectivity index (χ1n) is 6.30. The second kappa shape index (κ2) is 6.07.